The van der Waals surface area contributed by atoms with Gasteiger partial charge in [0, 0.05) is 24.7 Å². The highest BCUT2D eigenvalue weighted by atomic mass is 15.3. The van der Waals surface area contributed by atoms with Crippen molar-refractivity contribution in [2.45, 2.75) is 6.54 Å². The fraction of sp³-hybridized carbons (Fsp3) is 0.214. The van der Waals surface area contributed by atoms with E-state index in [-0.39, 0.29) is 0 Å². The first-order valence-electron chi connectivity index (χ1n) is 6.00. The second kappa shape index (κ2) is 4.22. The molecular weight excluding hydrogens is 224 g/mol. The van der Waals surface area contributed by atoms with E-state index >= 15 is 0 Å². The Kier molecular flexibility index (Phi) is 2.55. The van der Waals surface area contributed by atoms with Crippen LogP contribution in [0.5, 0.6) is 0 Å². The lowest BCUT2D eigenvalue weighted by molar-refractivity contribution is 0.473. The molecule has 4 heteroatoms. The van der Waals surface area contributed by atoms with E-state index < -0.39 is 0 Å². The van der Waals surface area contributed by atoms with Crippen LogP contribution in [0.2, 0.25) is 0 Å². The van der Waals surface area contributed by atoms with Crippen molar-refractivity contribution in [3.63, 3.8) is 0 Å². The highest BCUT2D eigenvalue weighted by Gasteiger charge is 2.08. The van der Waals surface area contributed by atoms with Gasteiger partial charge in [-0.3, -0.25) is 4.68 Å². The van der Waals surface area contributed by atoms with Gasteiger partial charge in [0.2, 0.25) is 0 Å². The van der Waals surface area contributed by atoms with E-state index in [4.69, 9.17) is 5.73 Å². The van der Waals surface area contributed by atoms with Crippen molar-refractivity contribution in [2.75, 3.05) is 19.3 Å². The highest BCUT2D eigenvalue weighted by molar-refractivity contribution is 5.90. The number of nitrogens with zero attached hydrogens (tertiary/aromatic N) is 3. The summed E-state index contributed by atoms with van der Waals surface area (Å²) in [5.41, 5.74) is 9.15. The minimum atomic E-state index is 0.786. The lowest BCUT2D eigenvalue weighted by Gasteiger charge is -2.20. The first-order valence-corrected chi connectivity index (χ1v) is 6.00. The van der Waals surface area contributed by atoms with Crippen molar-refractivity contribution in [3.05, 3.63) is 48.3 Å². The van der Waals surface area contributed by atoms with Gasteiger partial charge in [0.1, 0.15) is 0 Å². The third kappa shape index (κ3) is 1.86. The maximum Gasteiger partial charge on any atom is 0.0707 e. The van der Waals surface area contributed by atoms with E-state index in [0.717, 1.165) is 29.7 Å². The van der Waals surface area contributed by atoms with Gasteiger partial charge in [-0.2, -0.15) is 5.10 Å². The second-order valence-electron chi connectivity index (χ2n) is 4.66. The van der Waals surface area contributed by atoms with Crippen molar-refractivity contribution in [2.24, 2.45) is 0 Å². The summed E-state index contributed by atoms with van der Waals surface area (Å²) in [5, 5.41) is 5.45. The summed E-state index contributed by atoms with van der Waals surface area (Å²) in [6, 6.07) is 5.93. The Hall–Kier alpha value is -2.23. The Bertz CT molecular complexity index is 636. The number of rotatable bonds is 2. The summed E-state index contributed by atoms with van der Waals surface area (Å²) >= 11 is 0. The fourth-order valence-electron chi connectivity index (χ4n) is 2.30. The molecule has 0 saturated carbocycles. The van der Waals surface area contributed by atoms with E-state index in [2.05, 4.69) is 41.5 Å². The summed E-state index contributed by atoms with van der Waals surface area (Å²) in [6.07, 6.45) is 8.13. The zero-order chi connectivity index (χ0) is 12.5. The van der Waals surface area contributed by atoms with Gasteiger partial charge in [-0.1, -0.05) is 12.1 Å². The molecule has 0 radical (unpaired) electrons. The SMILES string of the molecule is CN1C=CC=C(Cn2ncc3c(N)cccc32)C1. The van der Waals surface area contributed by atoms with Crippen LogP contribution in [0.1, 0.15) is 0 Å². The van der Waals surface area contributed by atoms with Crippen LogP contribution in [0.15, 0.2) is 48.3 Å². The first kappa shape index (κ1) is 10.9. The summed E-state index contributed by atoms with van der Waals surface area (Å²) in [7, 11) is 2.07. The molecule has 1 aliphatic heterocycles. The number of nitrogen functional groups attached to an aromatic ring is 1. The molecule has 1 aliphatic rings. The van der Waals surface area contributed by atoms with Gasteiger partial charge in [0.05, 0.1) is 18.3 Å². The number of hydrogen-bond acceptors (Lipinski definition) is 3. The molecule has 0 amide bonds. The number of hydrogen-bond donors (Lipinski definition) is 1. The number of likely N-dealkylation sites (N-methyl/N-ethyl adjacent to an activating group) is 1. The van der Waals surface area contributed by atoms with Crippen LogP contribution in [0.25, 0.3) is 10.9 Å². The molecule has 0 fully saturated rings. The van der Waals surface area contributed by atoms with Gasteiger partial charge < -0.3 is 10.6 Å². The molecule has 2 heterocycles. The largest absolute Gasteiger partial charge is 0.398 e. The predicted molar refractivity (Wildman–Crippen MR) is 74.0 cm³/mol. The number of aromatic nitrogens is 2. The molecule has 18 heavy (non-hydrogen) atoms. The molecule has 0 bridgehead atoms. The third-order valence-corrected chi connectivity index (χ3v) is 3.20. The number of nitrogens with two attached hydrogens (primary N) is 1. The van der Waals surface area contributed by atoms with E-state index in [1.165, 1.54) is 5.57 Å². The van der Waals surface area contributed by atoms with Gasteiger partial charge in [-0.15, -0.1) is 0 Å². The van der Waals surface area contributed by atoms with E-state index in [1.807, 2.05) is 23.0 Å². The summed E-state index contributed by atoms with van der Waals surface area (Å²) < 4.78 is 2.00. The van der Waals surface area contributed by atoms with Crippen LogP contribution in [-0.2, 0) is 6.54 Å². The van der Waals surface area contributed by atoms with Crippen molar-refractivity contribution in [1.82, 2.24) is 14.7 Å². The van der Waals surface area contributed by atoms with Crippen LogP contribution >= 0.6 is 0 Å². The smallest absolute Gasteiger partial charge is 0.0707 e. The van der Waals surface area contributed by atoms with Gasteiger partial charge >= 0.3 is 0 Å². The van der Waals surface area contributed by atoms with Crippen molar-refractivity contribution < 1.29 is 0 Å². The quantitative estimate of drug-likeness (QED) is 0.817. The zero-order valence-electron chi connectivity index (χ0n) is 10.4. The average molecular weight is 240 g/mol. The van der Waals surface area contributed by atoms with Crippen molar-refractivity contribution in [3.8, 4) is 0 Å². The second-order valence-corrected chi connectivity index (χ2v) is 4.66. The van der Waals surface area contributed by atoms with Crippen molar-refractivity contribution >= 4 is 16.6 Å². The summed E-state index contributed by atoms with van der Waals surface area (Å²) in [5.74, 6) is 0. The van der Waals surface area contributed by atoms with Crippen molar-refractivity contribution in [1.29, 1.82) is 0 Å². The molecule has 0 atom stereocenters. The summed E-state index contributed by atoms with van der Waals surface area (Å²) in [4.78, 5) is 2.16. The standard InChI is InChI=1S/C14H16N4/c1-17-7-3-4-11(9-17)10-18-14-6-2-5-13(15)12(14)8-16-18/h2-8H,9-10,15H2,1H3. The minimum Gasteiger partial charge on any atom is -0.398 e. The lowest BCUT2D eigenvalue weighted by Crippen LogP contribution is -2.19. The van der Waals surface area contributed by atoms with Crippen LogP contribution in [0.4, 0.5) is 5.69 Å². The highest BCUT2D eigenvalue weighted by Crippen LogP contribution is 2.21. The molecule has 4 nitrogen and oxygen atoms in total. The molecule has 0 spiro atoms. The van der Waals surface area contributed by atoms with E-state index in [0.29, 0.717) is 0 Å². The minimum absolute atomic E-state index is 0.786. The Balaban J connectivity index is 1.94. The molecule has 2 aromatic rings. The molecule has 1 aromatic carbocycles. The van der Waals surface area contributed by atoms with E-state index in [9.17, 15) is 0 Å². The molecule has 2 N–H and O–H groups in total. The van der Waals surface area contributed by atoms with Gasteiger partial charge in [0.25, 0.3) is 0 Å². The Morgan fingerprint density at radius 3 is 3.11 bits per heavy atom. The maximum absolute atomic E-state index is 5.94. The molecule has 0 saturated heterocycles. The monoisotopic (exact) mass is 240 g/mol. The van der Waals surface area contributed by atoms with Crippen LogP contribution < -0.4 is 5.73 Å². The van der Waals surface area contributed by atoms with Gasteiger partial charge in [-0.25, -0.2) is 0 Å². The molecule has 92 valence electrons. The predicted octanol–water partition coefficient (Wildman–Crippen LogP) is 2.00. The number of benzene rings is 1. The number of allylic oxidation sites excluding steroid dienone is 2. The van der Waals surface area contributed by atoms with Gasteiger partial charge in [-0.05, 0) is 30.0 Å². The molecule has 0 unspecified atom stereocenters. The fourth-order valence-corrected chi connectivity index (χ4v) is 2.30. The average Bonchev–Trinajstić information content (AvgIpc) is 2.74. The molecule has 3 rings (SSSR count). The first-order chi connectivity index (χ1) is 8.74. The number of anilines is 1. The number of fused-ring (bicyclic) bond motifs is 1. The summed E-state index contributed by atoms with van der Waals surface area (Å²) in [6.45, 7) is 1.75. The van der Waals surface area contributed by atoms with Crippen LogP contribution in [-0.4, -0.2) is 28.3 Å². The Morgan fingerprint density at radius 2 is 2.28 bits per heavy atom. The molecule has 0 aliphatic carbocycles. The zero-order valence-corrected chi connectivity index (χ0v) is 10.4. The van der Waals surface area contributed by atoms with Gasteiger partial charge in [0.15, 0.2) is 0 Å². The van der Waals surface area contributed by atoms with Crippen LogP contribution in [0.3, 0.4) is 0 Å². The topological polar surface area (TPSA) is 47.1 Å². The van der Waals surface area contributed by atoms with E-state index in [1.54, 1.807) is 0 Å². The maximum atomic E-state index is 5.94. The Labute approximate surface area is 106 Å². The Morgan fingerprint density at radius 1 is 1.39 bits per heavy atom. The molecular formula is C14H16N4. The normalized spacial score (nSPS) is 15.2. The lowest BCUT2D eigenvalue weighted by atomic mass is 10.2. The third-order valence-electron chi connectivity index (χ3n) is 3.20. The molecule has 1 aromatic heterocycles. The van der Waals surface area contributed by atoms with Crippen LogP contribution in [0, 0.1) is 0 Å².